The minimum atomic E-state index is 0.390. The Morgan fingerprint density at radius 3 is 2.59 bits per heavy atom. The van der Waals surface area contributed by atoms with Gasteiger partial charge in [-0.3, -0.25) is 0 Å². The van der Waals surface area contributed by atoms with Crippen LogP contribution in [0.3, 0.4) is 0 Å². The van der Waals surface area contributed by atoms with Crippen molar-refractivity contribution in [1.82, 2.24) is 5.32 Å². The molecule has 94 valence electrons. The second-order valence-electron chi connectivity index (χ2n) is 6.36. The molecular weight excluding hydrogens is 274 g/mol. The van der Waals surface area contributed by atoms with E-state index in [-0.39, 0.29) is 0 Å². The third kappa shape index (κ3) is 3.82. The highest BCUT2D eigenvalue weighted by Crippen LogP contribution is 2.37. The Morgan fingerprint density at radius 2 is 2.00 bits per heavy atom. The summed E-state index contributed by atoms with van der Waals surface area (Å²) in [7, 11) is 0. The third-order valence-corrected chi connectivity index (χ3v) is 3.87. The van der Waals surface area contributed by atoms with Crippen molar-refractivity contribution in [3.05, 3.63) is 34.3 Å². The molecule has 0 atom stereocenters. The zero-order valence-electron chi connectivity index (χ0n) is 11.0. The number of halogens is 1. The fourth-order valence-corrected chi connectivity index (χ4v) is 2.68. The zero-order chi connectivity index (χ0) is 12.5. The summed E-state index contributed by atoms with van der Waals surface area (Å²) in [6.07, 6.45) is 2.57. The lowest BCUT2D eigenvalue weighted by Crippen LogP contribution is -2.43. The van der Waals surface area contributed by atoms with Crippen molar-refractivity contribution in [3.63, 3.8) is 0 Å². The van der Waals surface area contributed by atoms with E-state index in [4.69, 9.17) is 0 Å². The molecule has 0 bridgehead atoms. The van der Waals surface area contributed by atoms with E-state index in [0.717, 1.165) is 18.5 Å². The summed E-state index contributed by atoms with van der Waals surface area (Å²) >= 11 is 3.54. The Kier molecular flexibility index (Phi) is 3.94. The van der Waals surface area contributed by atoms with Crippen LogP contribution in [0.4, 0.5) is 0 Å². The van der Waals surface area contributed by atoms with Gasteiger partial charge in [-0.15, -0.1) is 0 Å². The molecule has 0 radical (unpaired) electrons. The molecule has 1 saturated carbocycles. The van der Waals surface area contributed by atoms with Gasteiger partial charge in [-0.2, -0.15) is 0 Å². The number of hydrogen-bond donors (Lipinski definition) is 1. The van der Waals surface area contributed by atoms with Gasteiger partial charge >= 0.3 is 0 Å². The van der Waals surface area contributed by atoms with Crippen LogP contribution in [0.25, 0.3) is 0 Å². The summed E-state index contributed by atoms with van der Waals surface area (Å²) in [5.74, 6) is 0.755. The molecule has 0 heterocycles. The Labute approximate surface area is 113 Å². The van der Waals surface area contributed by atoms with Gasteiger partial charge in [0.05, 0.1) is 0 Å². The second-order valence-corrected chi connectivity index (χ2v) is 7.28. The summed E-state index contributed by atoms with van der Waals surface area (Å²) < 4.78 is 1.20. The number of benzene rings is 1. The number of hydrogen-bond acceptors (Lipinski definition) is 1. The van der Waals surface area contributed by atoms with Gasteiger partial charge in [0.1, 0.15) is 0 Å². The normalized spacial score (nSPS) is 24.5. The largest absolute Gasteiger partial charge is 0.313 e. The van der Waals surface area contributed by atoms with Crippen molar-refractivity contribution in [1.29, 1.82) is 0 Å². The van der Waals surface area contributed by atoms with Gasteiger partial charge in [0, 0.05) is 17.1 Å². The first kappa shape index (κ1) is 13.1. The molecule has 0 aromatic heterocycles. The molecule has 1 aliphatic carbocycles. The molecule has 1 aromatic carbocycles. The fourth-order valence-electron chi connectivity index (χ4n) is 2.27. The van der Waals surface area contributed by atoms with Gasteiger partial charge in [-0.1, -0.05) is 48.8 Å². The number of rotatable bonds is 3. The fraction of sp³-hybridized carbons (Fsp3) is 0.600. The molecule has 2 heteroatoms. The van der Waals surface area contributed by atoms with Gasteiger partial charge in [0.2, 0.25) is 0 Å². The monoisotopic (exact) mass is 295 g/mol. The molecule has 17 heavy (non-hydrogen) atoms. The highest BCUT2D eigenvalue weighted by atomic mass is 79.9. The lowest BCUT2D eigenvalue weighted by Gasteiger charge is -2.38. The van der Waals surface area contributed by atoms with Crippen LogP contribution in [-0.4, -0.2) is 12.6 Å². The predicted molar refractivity (Wildman–Crippen MR) is 77.4 cm³/mol. The van der Waals surface area contributed by atoms with E-state index in [2.05, 4.69) is 66.3 Å². The predicted octanol–water partition coefficient (Wildman–Crippen LogP) is 4.33. The maximum absolute atomic E-state index is 3.66. The minimum Gasteiger partial charge on any atom is -0.313 e. The van der Waals surface area contributed by atoms with E-state index in [1.807, 2.05) is 0 Å². The molecule has 0 saturated heterocycles. The van der Waals surface area contributed by atoms with E-state index >= 15 is 0 Å². The van der Waals surface area contributed by atoms with Crippen LogP contribution in [0.2, 0.25) is 0 Å². The van der Waals surface area contributed by atoms with Crippen LogP contribution in [0, 0.1) is 5.41 Å². The van der Waals surface area contributed by atoms with Crippen molar-refractivity contribution in [2.24, 2.45) is 5.41 Å². The highest BCUT2D eigenvalue weighted by molar-refractivity contribution is 9.10. The van der Waals surface area contributed by atoms with Gasteiger partial charge in [0.15, 0.2) is 0 Å². The van der Waals surface area contributed by atoms with Crippen LogP contribution in [0.15, 0.2) is 28.7 Å². The summed E-state index contributed by atoms with van der Waals surface area (Å²) in [6, 6.07) is 9.45. The van der Waals surface area contributed by atoms with Crippen LogP contribution in [-0.2, 0) is 0 Å². The van der Waals surface area contributed by atoms with Crippen molar-refractivity contribution in [3.8, 4) is 0 Å². The van der Waals surface area contributed by atoms with Crippen LogP contribution >= 0.6 is 15.9 Å². The molecule has 0 amide bonds. The van der Waals surface area contributed by atoms with Crippen molar-refractivity contribution in [2.45, 2.75) is 45.6 Å². The van der Waals surface area contributed by atoms with E-state index in [1.165, 1.54) is 22.9 Å². The molecule has 1 aromatic rings. The summed E-state index contributed by atoms with van der Waals surface area (Å²) in [4.78, 5) is 0. The van der Waals surface area contributed by atoms with E-state index in [9.17, 15) is 0 Å². The summed E-state index contributed by atoms with van der Waals surface area (Å²) in [5.41, 5.74) is 1.87. The zero-order valence-corrected chi connectivity index (χ0v) is 12.5. The van der Waals surface area contributed by atoms with E-state index in [0.29, 0.717) is 5.41 Å². The topological polar surface area (TPSA) is 12.0 Å². The van der Waals surface area contributed by atoms with Crippen molar-refractivity contribution < 1.29 is 0 Å². The first-order valence-corrected chi connectivity index (χ1v) is 7.22. The SMILES string of the molecule is CC(C)(C)CNC1CC(c2cccc(Br)c2)C1. The Bertz CT molecular complexity index is 375. The van der Waals surface area contributed by atoms with E-state index < -0.39 is 0 Å². The molecule has 1 nitrogen and oxygen atoms in total. The van der Waals surface area contributed by atoms with Crippen molar-refractivity contribution in [2.75, 3.05) is 6.54 Å². The standard InChI is InChI=1S/C15H22BrN/c1-15(2,3)10-17-14-8-12(9-14)11-5-4-6-13(16)7-11/h4-7,12,14,17H,8-10H2,1-3H3. The summed E-state index contributed by atoms with van der Waals surface area (Å²) in [6.45, 7) is 7.96. The first-order valence-electron chi connectivity index (χ1n) is 6.43. The van der Waals surface area contributed by atoms with Gasteiger partial charge < -0.3 is 5.32 Å². The van der Waals surface area contributed by atoms with E-state index in [1.54, 1.807) is 0 Å². The van der Waals surface area contributed by atoms with Gasteiger partial charge in [-0.25, -0.2) is 0 Å². The molecule has 1 fully saturated rings. The Morgan fingerprint density at radius 1 is 1.29 bits per heavy atom. The van der Waals surface area contributed by atoms with Gasteiger partial charge in [0.25, 0.3) is 0 Å². The lowest BCUT2D eigenvalue weighted by molar-refractivity contribution is 0.254. The van der Waals surface area contributed by atoms with Crippen LogP contribution in [0.5, 0.6) is 0 Å². The molecule has 1 aliphatic rings. The third-order valence-electron chi connectivity index (χ3n) is 3.38. The lowest BCUT2D eigenvalue weighted by atomic mass is 9.75. The quantitative estimate of drug-likeness (QED) is 0.875. The average Bonchev–Trinajstić information content (AvgIpc) is 2.13. The second kappa shape index (κ2) is 5.11. The van der Waals surface area contributed by atoms with Crippen molar-refractivity contribution >= 4 is 15.9 Å². The maximum Gasteiger partial charge on any atom is 0.0178 e. The molecule has 0 unspecified atom stereocenters. The maximum atomic E-state index is 3.66. The molecule has 2 rings (SSSR count). The minimum absolute atomic E-state index is 0.390. The Hall–Kier alpha value is -0.340. The molecule has 0 aliphatic heterocycles. The average molecular weight is 296 g/mol. The van der Waals surface area contributed by atoms with Gasteiger partial charge in [-0.05, 0) is 41.9 Å². The van der Waals surface area contributed by atoms with Crippen LogP contribution < -0.4 is 5.32 Å². The Balaban J connectivity index is 1.79. The summed E-state index contributed by atoms with van der Waals surface area (Å²) in [5, 5.41) is 3.66. The smallest absolute Gasteiger partial charge is 0.0178 e. The molecule has 1 N–H and O–H groups in total. The highest BCUT2D eigenvalue weighted by Gasteiger charge is 2.30. The first-order chi connectivity index (χ1) is 7.94. The molecular formula is C15H22BrN. The molecule has 0 spiro atoms. The van der Waals surface area contributed by atoms with Crippen LogP contribution in [0.1, 0.15) is 45.1 Å². The number of nitrogens with one attached hydrogen (secondary N) is 1.